The number of amides is 1. The third kappa shape index (κ3) is 2.29. The van der Waals surface area contributed by atoms with Crippen molar-refractivity contribution in [1.29, 1.82) is 0 Å². The Morgan fingerprint density at radius 3 is 2.39 bits per heavy atom. The van der Waals surface area contributed by atoms with Gasteiger partial charge in [0.1, 0.15) is 0 Å². The van der Waals surface area contributed by atoms with Crippen molar-refractivity contribution >= 4 is 5.91 Å². The largest absolute Gasteiger partial charge is 0.342 e. The molecule has 1 saturated carbocycles. The van der Waals surface area contributed by atoms with Gasteiger partial charge in [-0.1, -0.05) is 13.3 Å². The maximum absolute atomic E-state index is 12.2. The minimum absolute atomic E-state index is 0.356. The molecule has 3 fully saturated rings. The van der Waals surface area contributed by atoms with Gasteiger partial charge in [0, 0.05) is 25.0 Å². The van der Waals surface area contributed by atoms with E-state index in [1.165, 1.54) is 38.8 Å². The smallest absolute Gasteiger partial charge is 0.225 e. The van der Waals surface area contributed by atoms with Crippen molar-refractivity contribution in [2.24, 2.45) is 11.8 Å². The zero-order chi connectivity index (χ0) is 12.5. The summed E-state index contributed by atoms with van der Waals surface area (Å²) in [5.41, 5.74) is 0. The lowest BCUT2D eigenvalue weighted by Crippen LogP contribution is -2.56. The highest BCUT2D eigenvalue weighted by atomic mass is 16.2. The number of nitrogens with zero attached hydrogens (tertiary/aromatic N) is 2. The molecule has 0 aromatic heterocycles. The second-order valence-corrected chi connectivity index (χ2v) is 6.44. The maximum atomic E-state index is 12.2. The molecule has 0 aromatic carbocycles. The molecule has 0 radical (unpaired) electrons. The summed E-state index contributed by atoms with van der Waals surface area (Å²) in [6.45, 7) is 6.82. The van der Waals surface area contributed by atoms with Gasteiger partial charge in [-0.2, -0.15) is 0 Å². The second kappa shape index (κ2) is 5.20. The minimum atomic E-state index is 0.356. The fourth-order valence-electron chi connectivity index (χ4n) is 3.64. The molecule has 3 aliphatic rings. The van der Waals surface area contributed by atoms with Crippen molar-refractivity contribution in [3.63, 3.8) is 0 Å². The van der Waals surface area contributed by atoms with E-state index in [4.69, 9.17) is 0 Å². The Balaban J connectivity index is 1.40. The van der Waals surface area contributed by atoms with E-state index < -0.39 is 0 Å². The summed E-state index contributed by atoms with van der Waals surface area (Å²) in [7, 11) is 0. The summed E-state index contributed by atoms with van der Waals surface area (Å²) in [6.07, 6.45) is 7.61. The van der Waals surface area contributed by atoms with E-state index in [9.17, 15) is 4.79 Å². The molecular formula is C15H26N2O. The Hall–Kier alpha value is -0.570. The fraction of sp³-hybridized carbons (Fsp3) is 0.933. The molecule has 3 nitrogen and oxygen atoms in total. The number of carbonyl (C=O) groups is 1. The third-order valence-electron chi connectivity index (χ3n) is 5.22. The Morgan fingerprint density at radius 2 is 1.78 bits per heavy atom. The number of likely N-dealkylation sites (tertiary alicyclic amines) is 2. The molecule has 102 valence electrons. The summed E-state index contributed by atoms with van der Waals surface area (Å²) >= 11 is 0. The normalized spacial score (nSPS) is 33.9. The van der Waals surface area contributed by atoms with Crippen molar-refractivity contribution in [3.8, 4) is 0 Å². The topological polar surface area (TPSA) is 23.6 Å². The standard InChI is InChI=1S/C15H26N2O/c1-2-12-10-17(11-12)15(18)13-8-14(9-13)16-6-4-3-5-7-16/h12-14H,2-11H2,1H3. The number of rotatable bonds is 3. The fourth-order valence-corrected chi connectivity index (χ4v) is 3.64. The average Bonchev–Trinajstić information content (AvgIpc) is 2.27. The first-order valence-electron chi connectivity index (χ1n) is 7.80. The van der Waals surface area contributed by atoms with Gasteiger partial charge in [-0.25, -0.2) is 0 Å². The first-order valence-corrected chi connectivity index (χ1v) is 7.80. The molecule has 0 spiro atoms. The van der Waals surface area contributed by atoms with Crippen molar-refractivity contribution < 1.29 is 4.79 Å². The highest BCUT2D eigenvalue weighted by molar-refractivity contribution is 5.80. The molecule has 18 heavy (non-hydrogen) atoms. The van der Waals surface area contributed by atoms with E-state index in [2.05, 4.69) is 16.7 Å². The quantitative estimate of drug-likeness (QED) is 0.766. The number of piperidine rings is 1. The first-order chi connectivity index (χ1) is 8.78. The van der Waals surface area contributed by atoms with Crippen LogP contribution in [0.25, 0.3) is 0 Å². The highest BCUT2D eigenvalue weighted by Crippen LogP contribution is 2.36. The van der Waals surface area contributed by atoms with Gasteiger partial charge >= 0.3 is 0 Å². The van der Waals surface area contributed by atoms with Gasteiger partial charge < -0.3 is 9.80 Å². The van der Waals surface area contributed by atoms with E-state index in [-0.39, 0.29) is 0 Å². The van der Waals surface area contributed by atoms with Crippen molar-refractivity contribution in [3.05, 3.63) is 0 Å². The zero-order valence-electron chi connectivity index (χ0n) is 11.6. The Morgan fingerprint density at radius 1 is 1.11 bits per heavy atom. The zero-order valence-corrected chi connectivity index (χ0v) is 11.6. The molecule has 1 amide bonds. The van der Waals surface area contributed by atoms with Crippen LogP contribution < -0.4 is 0 Å². The summed E-state index contributed by atoms with van der Waals surface area (Å²) in [4.78, 5) is 16.9. The first kappa shape index (κ1) is 12.5. The molecule has 0 aromatic rings. The predicted molar refractivity (Wildman–Crippen MR) is 72.3 cm³/mol. The summed E-state index contributed by atoms with van der Waals surface area (Å²) in [5.74, 6) is 1.59. The molecule has 0 N–H and O–H groups in total. The van der Waals surface area contributed by atoms with E-state index in [0.29, 0.717) is 11.8 Å². The van der Waals surface area contributed by atoms with Crippen LogP contribution in [0.2, 0.25) is 0 Å². The maximum Gasteiger partial charge on any atom is 0.225 e. The molecule has 0 atom stereocenters. The Kier molecular flexibility index (Phi) is 3.60. The van der Waals surface area contributed by atoms with Crippen molar-refractivity contribution in [1.82, 2.24) is 9.80 Å². The monoisotopic (exact) mass is 250 g/mol. The minimum Gasteiger partial charge on any atom is -0.342 e. The van der Waals surface area contributed by atoms with Crippen LogP contribution in [0.1, 0.15) is 45.4 Å². The van der Waals surface area contributed by atoms with Crippen molar-refractivity contribution in [2.45, 2.75) is 51.5 Å². The van der Waals surface area contributed by atoms with Gasteiger partial charge in [-0.3, -0.25) is 4.79 Å². The molecule has 1 aliphatic carbocycles. The molecule has 3 rings (SSSR count). The van der Waals surface area contributed by atoms with E-state index in [1.54, 1.807) is 0 Å². The molecule has 0 unspecified atom stereocenters. The van der Waals surface area contributed by atoms with Gasteiger partial charge in [0.2, 0.25) is 5.91 Å². The van der Waals surface area contributed by atoms with Crippen LogP contribution in [-0.2, 0) is 4.79 Å². The summed E-state index contributed by atoms with van der Waals surface area (Å²) in [6, 6.07) is 0.725. The molecule has 2 heterocycles. The van der Waals surface area contributed by atoms with Crippen LogP contribution in [0.15, 0.2) is 0 Å². The average molecular weight is 250 g/mol. The van der Waals surface area contributed by atoms with Gasteiger partial charge in [-0.05, 0) is 51.1 Å². The number of hydrogen-bond acceptors (Lipinski definition) is 2. The highest BCUT2D eigenvalue weighted by Gasteiger charge is 2.42. The lowest BCUT2D eigenvalue weighted by Gasteiger charge is -2.48. The van der Waals surface area contributed by atoms with Gasteiger partial charge in [-0.15, -0.1) is 0 Å². The predicted octanol–water partition coefficient (Wildman–Crippen LogP) is 2.12. The van der Waals surface area contributed by atoms with Crippen LogP contribution >= 0.6 is 0 Å². The molecule has 0 bridgehead atoms. The number of carbonyl (C=O) groups excluding carboxylic acids is 1. The lowest BCUT2D eigenvalue weighted by molar-refractivity contribution is -0.147. The Bertz CT molecular complexity index is 300. The molecule has 2 saturated heterocycles. The third-order valence-corrected chi connectivity index (χ3v) is 5.22. The Labute approximate surface area is 111 Å². The van der Waals surface area contributed by atoms with E-state index in [0.717, 1.165) is 37.9 Å². The van der Waals surface area contributed by atoms with E-state index >= 15 is 0 Å². The van der Waals surface area contributed by atoms with E-state index in [1.807, 2.05) is 0 Å². The molecule has 2 aliphatic heterocycles. The van der Waals surface area contributed by atoms with Gasteiger partial charge in [0.25, 0.3) is 0 Å². The number of hydrogen-bond donors (Lipinski definition) is 0. The van der Waals surface area contributed by atoms with Crippen LogP contribution in [0.4, 0.5) is 0 Å². The second-order valence-electron chi connectivity index (χ2n) is 6.44. The van der Waals surface area contributed by atoms with Crippen LogP contribution in [0.3, 0.4) is 0 Å². The van der Waals surface area contributed by atoms with Crippen molar-refractivity contribution in [2.75, 3.05) is 26.2 Å². The summed E-state index contributed by atoms with van der Waals surface area (Å²) < 4.78 is 0. The van der Waals surface area contributed by atoms with Crippen LogP contribution in [0.5, 0.6) is 0 Å². The van der Waals surface area contributed by atoms with Crippen LogP contribution in [0, 0.1) is 11.8 Å². The lowest BCUT2D eigenvalue weighted by atomic mass is 9.77. The SMILES string of the molecule is CCC1CN(C(=O)C2CC(N3CCCCC3)C2)C1. The van der Waals surface area contributed by atoms with Gasteiger partial charge in [0.05, 0.1) is 0 Å². The molecule has 3 heteroatoms. The molecular weight excluding hydrogens is 224 g/mol. The van der Waals surface area contributed by atoms with Crippen LogP contribution in [-0.4, -0.2) is 47.9 Å². The summed E-state index contributed by atoms with van der Waals surface area (Å²) in [5, 5.41) is 0. The van der Waals surface area contributed by atoms with Gasteiger partial charge in [0.15, 0.2) is 0 Å².